The fraction of sp³-hybridized carbons (Fsp3) is 0.417. The monoisotopic (exact) mass is 457 g/mol. The van der Waals surface area contributed by atoms with E-state index in [9.17, 15) is 9.59 Å². The number of hydrogen-bond donors (Lipinski definition) is 1. The van der Waals surface area contributed by atoms with Gasteiger partial charge in [0, 0.05) is 30.6 Å². The van der Waals surface area contributed by atoms with Crippen LogP contribution in [0.2, 0.25) is 0 Å². The lowest BCUT2D eigenvalue weighted by atomic mass is 10.0. The van der Waals surface area contributed by atoms with Crippen LogP contribution >= 0.6 is 11.3 Å². The van der Waals surface area contributed by atoms with Crippen molar-refractivity contribution in [2.45, 2.75) is 25.8 Å². The Morgan fingerprint density at radius 2 is 2.16 bits per heavy atom. The number of thiophene rings is 1. The van der Waals surface area contributed by atoms with Gasteiger partial charge in [-0.3, -0.25) is 4.79 Å². The quantitative estimate of drug-likeness (QED) is 0.550. The minimum Gasteiger partial charge on any atom is -0.497 e. The van der Waals surface area contributed by atoms with Crippen LogP contribution < -0.4 is 14.8 Å². The molecule has 7 nitrogen and oxygen atoms in total. The molecular formula is C24H31N3O4S. The Kier molecular flexibility index (Phi) is 8.56. The van der Waals surface area contributed by atoms with Gasteiger partial charge in [-0.05, 0) is 42.0 Å². The molecule has 1 aliphatic rings. The summed E-state index contributed by atoms with van der Waals surface area (Å²) in [5.41, 5.74) is 1.11. The Morgan fingerprint density at radius 1 is 1.34 bits per heavy atom. The van der Waals surface area contributed by atoms with Gasteiger partial charge in [-0.1, -0.05) is 19.1 Å². The highest BCUT2D eigenvalue weighted by Gasteiger charge is 2.33. The summed E-state index contributed by atoms with van der Waals surface area (Å²) >= 11 is 1.71. The molecule has 32 heavy (non-hydrogen) atoms. The van der Waals surface area contributed by atoms with Crippen molar-refractivity contribution in [1.82, 2.24) is 15.1 Å². The maximum absolute atomic E-state index is 13.3. The minimum absolute atomic E-state index is 0.00328. The van der Waals surface area contributed by atoms with Gasteiger partial charge < -0.3 is 24.6 Å². The van der Waals surface area contributed by atoms with E-state index in [0.29, 0.717) is 37.7 Å². The van der Waals surface area contributed by atoms with E-state index in [4.69, 9.17) is 9.47 Å². The molecule has 3 rings (SSSR count). The van der Waals surface area contributed by atoms with Crippen molar-refractivity contribution in [2.24, 2.45) is 0 Å². The summed E-state index contributed by atoms with van der Waals surface area (Å²) in [6.07, 6.45) is 3.27. The molecule has 1 aromatic carbocycles. The number of methoxy groups -OCH3 is 1. The van der Waals surface area contributed by atoms with Gasteiger partial charge in [0.1, 0.15) is 24.7 Å². The SMILES string of the molecule is C=CCN(CC(=O)N1CCc2sccc2[C@H]1COc1cccc(OC)c1)C(=O)NCCC. The summed E-state index contributed by atoms with van der Waals surface area (Å²) in [6.45, 7) is 7.51. The predicted octanol–water partition coefficient (Wildman–Crippen LogP) is 3.87. The van der Waals surface area contributed by atoms with Gasteiger partial charge >= 0.3 is 6.03 Å². The number of amides is 3. The second kappa shape index (κ2) is 11.6. The Bertz CT molecular complexity index is 929. The van der Waals surface area contributed by atoms with E-state index >= 15 is 0 Å². The van der Waals surface area contributed by atoms with E-state index in [1.165, 1.54) is 9.78 Å². The second-order valence-corrected chi connectivity index (χ2v) is 8.54. The van der Waals surface area contributed by atoms with E-state index in [1.807, 2.05) is 36.1 Å². The number of benzene rings is 1. The first-order chi connectivity index (χ1) is 15.6. The molecule has 1 aromatic heterocycles. The number of fused-ring (bicyclic) bond motifs is 1. The van der Waals surface area contributed by atoms with E-state index < -0.39 is 0 Å². The Morgan fingerprint density at radius 3 is 2.91 bits per heavy atom. The van der Waals surface area contributed by atoms with Crippen molar-refractivity contribution in [3.8, 4) is 11.5 Å². The average Bonchev–Trinajstić information content (AvgIpc) is 3.29. The van der Waals surface area contributed by atoms with Crippen LogP contribution in [-0.2, 0) is 11.2 Å². The molecule has 8 heteroatoms. The van der Waals surface area contributed by atoms with Crippen LogP contribution in [0.4, 0.5) is 4.79 Å². The lowest BCUT2D eigenvalue weighted by Crippen LogP contribution is -2.50. The number of ether oxygens (including phenoxy) is 2. The third-order valence-corrected chi connectivity index (χ3v) is 6.35. The maximum Gasteiger partial charge on any atom is 0.318 e. The molecule has 1 aliphatic heterocycles. The van der Waals surface area contributed by atoms with Crippen molar-refractivity contribution >= 4 is 23.3 Å². The molecule has 0 spiro atoms. The largest absolute Gasteiger partial charge is 0.497 e. The number of nitrogens with zero attached hydrogens (tertiary/aromatic N) is 2. The molecule has 2 heterocycles. The smallest absolute Gasteiger partial charge is 0.318 e. The van der Waals surface area contributed by atoms with Crippen molar-refractivity contribution in [2.75, 3.05) is 39.9 Å². The Labute approximate surface area is 193 Å². The molecule has 1 atom stereocenters. The fourth-order valence-corrected chi connectivity index (χ4v) is 4.64. The van der Waals surface area contributed by atoms with Crippen LogP contribution in [0.25, 0.3) is 0 Å². The van der Waals surface area contributed by atoms with E-state index in [2.05, 4.69) is 23.3 Å². The highest BCUT2D eigenvalue weighted by molar-refractivity contribution is 7.10. The second-order valence-electron chi connectivity index (χ2n) is 7.54. The third kappa shape index (κ3) is 5.82. The maximum atomic E-state index is 13.3. The van der Waals surface area contributed by atoms with Crippen molar-refractivity contribution in [1.29, 1.82) is 0 Å². The molecule has 0 fully saturated rings. The molecular weight excluding hydrogens is 426 g/mol. The number of urea groups is 1. The van der Waals surface area contributed by atoms with E-state index in [-0.39, 0.29) is 24.5 Å². The zero-order chi connectivity index (χ0) is 22.9. The molecule has 0 bridgehead atoms. The van der Waals surface area contributed by atoms with Crippen molar-refractivity contribution < 1.29 is 19.1 Å². The number of hydrogen-bond acceptors (Lipinski definition) is 5. The summed E-state index contributed by atoms with van der Waals surface area (Å²) in [4.78, 5) is 30.4. The zero-order valence-electron chi connectivity index (χ0n) is 18.7. The first kappa shape index (κ1) is 23.7. The molecule has 0 radical (unpaired) electrons. The molecule has 1 N–H and O–H groups in total. The minimum atomic E-state index is -0.252. The van der Waals surface area contributed by atoms with Gasteiger partial charge in [0.15, 0.2) is 0 Å². The van der Waals surface area contributed by atoms with Crippen LogP contribution in [0.1, 0.15) is 29.8 Å². The standard InChI is InChI=1S/C24H31N3O4S/c1-4-11-25-24(29)26(12-5-2)16-23(28)27-13-9-22-20(10-14-32-22)21(27)17-31-19-8-6-7-18(15-19)30-3/h5-8,10,14-15,21H,2,4,9,11-13,16-17H2,1,3H3,(H,25,29)/t21-/m1/s1. The summed E-state index contributed by atoms with van der Waals surface area (Å²) in [5.74, 6) is 1.30. The van der Waals surface area contributed by atoms with E-state index in [1.54, 1.807) is 24.5 Å². The highest BCUT2D eigenvalue weighted by atomic mass is 32.1. The predicted molar refractivity (Wildman–Crippen MR) is 126 cm³/mol. The van der Waals surface area contributed by atoms with Gasteiger partial charge in [0.25, 0.3) is 0 Å². The molecule has 0 aliphatic carbocycles. The highest BCUT2D eigenvalue weighted by Crippen LogP contribution is 2.34. The Hall–Kier alpha value is -3.00. The van der Waals surface area contributed by atoms with Crippen LogP contribution in [0.5, 0.6) is 11.5 Å². The lowest BCUT2D eigenvalue weighted by Gasteiger charge is -2.37. The number of carbonyl (C=O) groups is 2. The normalized spacial score (nSPS) is 14.9. The molecule has 0 saturated heterocycles. The molecule has 172 valence electrons. The Balaban J connectivity index is 1.74. The number of nitrogens with one attached hydrogen (secondary N) is 1. The summed E-state index contributed by atoms with van der Waals surface area (Å²) in [5, 5.41) is 4.89. The fourth-order valence-electron chi connectivity index (χ4n) is 3.71. The average molecular weight is 458 g/mol. The van der Waals surface area contributed by atoms with Crippen molar-refractivity contribution in [3.63, 3.8) is 0 Å². The van der Waals surface area contributed by atoms with Crippen LogP contribution in [0.15, 0.2) is 48.4 Å². The number of rotatable bonds is 10. The van der Waals surface area contributed by atoms with Crippen molar-refractivity contribution in [3.05, 3.63) is 58.8 Å². The molecule has 3 amide bonds. The summed E-state index contributed by atoms with van der Waals surface area (Å²) in [7, 11) is 1.62. The van der Waals surface area contributed by atoms with Gasteiger partial charge in [0.05, 0.1) is 13.2 Å². The first-order valence-electron chi connectivity index (χ1n) is 10.8. The summed E-state index contributed by atoms with van der Waals surface area (Å²) < 4.78 is 11.3. The third-order valence-electron chi connectivity index (χ3n) is 5.35. The zero-order valence-corrected chi connectivity index (χ0v) is 19.5. The van der Waals surface area contributed by atoms with Crippen LogP contribution in [0.3, 0.4) is 0 Å². The van der Waals surface area contributed by atoms with Gasteiger partial charge in [0.2, 0.25) is 5.91 Å². The topological polar surface area (TPSA) is 71.1 Å². The van der Waals surface area contributed by atoms with Gasteiger partial charge in [-0.25, -0.2) is 4.79 Å². The van der Waals surface area contributed by atoms with Crippen LogP contribution in [0, 0.1) is 0 Å². The van der Waals surface area contributed by atoms with Crippen LogP contribution in [-0.4, -0.2) is 61.6 Å². The molecule has 2 aromatic rings. The first-order valence-corrected chi connectivity index (χ1v) is 11.7. The molecule has 0 saturated carbocycles. The van der Waals surface area contributed by atoms with E-state index in [0.717, 1.165) is 18.4 Å². The number of carbonyl (C=O) groups excluding carboxylic acids is 2. The molecule has 0 unspecified atom stereocenters. The lowest BCUT2D eigenvalue weighted by molar-refractivity contribution is -0.135. The van der Waals surface area contributed by atoms with Gasteiger partial charge in [-0.2, -0.15) is 0 Å². The summed E-state index contributed by atoms with van der Waals surface area (Å²) in [6, 6.07) is 9.02. The van der Waals surface area contributed by atoms with Gasteiger partial charge in [-0.15, -0.1) is 17.9 Å².